The molecule has 0 fully saturated rings. The fourth-order valence-corrected chi connectivity index (χ4v) is 2.76. The number of carbonyl (C=O) groups excluding carboxylic acids is 1. The third-order valence-electron chi connectivity index (χ3n) is 4.21. The highest BCUT2D eigenvalue weighted by Crippen LogP contribution is 2.25. The number of carbonyl (C=O) groups is 1. The number of hydrogen-bond donors (Lipinski definition) is 1. The standard InChI is InChI=1S/C21H28N2O2/c1-6-25-21-18(8-7-13-22-21)20(24)23-19(15(4)5)17-11-9-16(10-12-17)14(2)3/h7-15,19H,6H2,1-5H3,(H,23,24)/t19-/m0/s1. The summed E-state index contributed by atoms with van der Waals surface area (Å²) in [5, 5.41) is 3.14. The molecular weight excluding hydrogens is 312 g/mol. The highest BCUT2D eigenvalue weighted by Gasteiger charge is 2.21. The summed E-state index contributed by atoms with van der Waals surface area (Å²) in [6.45, 7) is 10.9. The van der Waals surface area contributed by atoms with Crippen LogP contribution in [0.25, 0.3) is 0 Å². The molecular formula is C21H28N2O2. The van der Waals surface area contributed by atoms with Crippen molar-refractivity contribution < 1.29 is 9.53 Å². The molecule has 134 valence electrons. The predicted octanol–water partition coefficient (Wildman–Crippen LogP) is 4.73. The number of hydrogen-bond acceptors (Lipinski definition) is 3. The Morgan fingerprint density at radius 1 is 1.08 bits per heavy atom. The number of rotatable bonds is 7. The van der Waals surface area contributed by atoms with Gasteiger partial charge in [0.25, 0.3) is 5.91 Å². The van der Waals surface area contributed by atoms with E-state index in [1.165, 1.54) is 5.56 Å². The van der Waals surface area contributed by atoms with Gasteiger partial charge in [-0.1, -0.05) is 52.0 Å². The minimum Gasteiger partial charge on any atom is -0.477 e. The molecule has 0 radical (unpaired) electrons. The van der Waals surface area contributed by atoms with Crippen LogP contribution in [0, 0.1) is 5.92 Å². The van der Waals surface area contributed by atoms with Crippen LogP contribution in [0.4, 0.5) is 0 Å². The topological polar surface area (TPSA) is 51.2 Å². The van der Waals surface area contributed by atoms with Gasteiger partial charge in [-0.25, -0.2) is 4.98 Å². The number of pyridine rings is 1. The normalized spacial score (nSPS) is 12.3. The molecule has 0 aliphatic heterocycles. The number of nitrogens with one attached hydrogen (secondary N) is 1. The number of ether oxygens (including phenoxy) is 1. The minimum absolute atomic E-state index is 0.0663. The number of aromatic nitrogens is 1. The molecule has 1 N–H and O–H groups in total. The monoisotopic (exact) mass is 340 g/mol. The van der Waals surface area contributed by atoms with E-state index in [-0.39, 0.29) is 17.9 Å². The molecule has 1 atom stereocenters. The van der Waals surface area contributed by atoms with Crippen molar-refractivity contribution in [3.05, 3.63) is 59.3 Å². The first-order valence-electron chi connectivity index (χ1n) is 8.92. The summed E-state index contributed by atoms with van der Waals surface area (Å²) in [6.07, 6.45) is 1.63. The summed E-state index contributed by atoms with van der Waals surface area (Å²) in [5.74, 6) is 0.967. The van der Waals surface area contributed by atoms with Crippen LogP contribution in [0.5, 0.6) is 5.88 Å². The largest absolute Gasteiger partial charge is 0.477 e. The van der Waals surface area contributed by atoms with Gasteiger partial charge in [0.05, 0.1) is 12.6 Å². The van der Waals surface area contributed by atoms with Gasteiger partial charge in [0.1, 0.15) is 5.56 Å². The zero-order valence-corrected chi connectivity index (χ0v) is 15.7. The van der Waals surface area contributed by atoms with Crippen molar-refractivity contribution in [1.82, 2.24) is 10.3 Å². The van der Waals surface area contributed by atoms with Crippen LogP contribution in [-0.2, 0) is 0 Å². The van der Waals surface area contributed by atoms with Crippen molar-refractivity contribution in [2.45, 2.75) is 46.6 Å². The lowest BCUT2D eigenvalue weighted by Crippen LogP contribution is -2.32. The van der Waals surface area contributed by atoms with Crippen molar-refractivity contribution in [3.8, 4) is 5.88 Å². The lowest BCUT2D eigenvalue weighted by Gasteiger charge is -2.24. The van der Waals surface area contributed by atoms with Gasteiger partial charge in [0.2, 0.25) is 5.88 Å². The Kier molecular flexibility index (Phi) is 6.57. The first-order valence-corrected chi connectivity index (χ1v) is 8.92. The Balaban J connectivity index is 2.23. The van der Waals surface area contributed by atoms with E-state index in [4.69, 9.17) is 4.74 Å². The van der Waals surface area contributed by atoms with E-state index in [1.807, 2.05) is 6.92 Å². The van der Waals surface area contributed by atoms with Crippen LogP contribution in [-0.4, -0.2) is 17.5 Å². The number of nitrogens with zero attached hydrogens (tertiary/aromatic N) is 1. The average molecular weight is 340 g/mol. The molecule has 1 aromatic carbocycles. The maximum absolute atomic E-state index is 12.8. The molecule has 0 aliphatic carbocycles. The second-order valence-corrected chi connectivity index (χ2v) is 6.81. The molecule has 2 rings (SSSR count). The number of amides is 1. The molecule has 0 unspecified atom stereocenters. The fourth-order valence-electron chi connectivity index (χ4n) is 2.76. The maximum atomic E-state index is 12.8. The summed E-state index contributed by atoms with van der Waals surface area (Å²) in [6, 6.07) is 11.9. The fraction of sp³-hybridized carbons (Fsp3) is 0.429. The number of benzene rings is 1. The SMILES string of the molecule is CCOc1ncccc1C(=O)N[C@H](c1ccc(C(C)C)cc1)C(C)C. The molecule has 4 heteroatoms. The lowest BCUT2D eigenvalue weighted by molar-refractivity contribution is 0.0921. The molecule has 4 nitrogen and oxygen atoms in total. The van der Waals surface area contributed by atoms with E-state index in [9.17, 15) is 4.79 Å². The summed E-state index contributed by atoms with van der Waals surface area (Å²) in [5.41, 5.74) is 2.87. The third-order valence-corrected chi connectivity index (χ3v) is 4.21. The van der Waals surface area contributed by atoms with Gasteiger partial charge in [-0.15, -0.1) is 0 Å². The van der Waals surface area contributed by atoms with Crippen molar-refractivity contribution in [2.75, 3.05) is 6.61 Å². The average Bonchev–Trinajstić information content (AvgIpc) is 2.60. The quantitative estimate of drug-likeness (QED) is 0.792. The van der Waals surface area contributed by atoms with Gasteiger partial charge in [-0.2, -0.15) is 0 Å². The van der Waals surface area contributed by atoms with E-state index < -0.39 is 0 Å². The molecule has 25 heavy (non-hydrogen) atoms. The van der Waals surface area contributed by atoms with Crippen LogP contribution < -0.4 is 10.1 Å². The smallest absolute Gasteiger partial charge is 0.257 e. The Morgan fingerprint density at radius 3 is 2.28 bits per heavy atom. The lowest BCUT2D eigenvalue weighted by atomic mass is 9.93. The van der Waals surface area contributed by atoms with E-state index in [1.54, 1.807) is 18.3 Å². The van der Waals surface area contributed by atoms with Crippen LogP contribution >= 0.6 is 0 Å². The Bertz CT molecular complexity index is 693. The maximum Gasteiger partial charge on any atom is 0.257 e. The Hall–Kier alpha value is -2.36. The van der Waals surface area contributed by atoms with Crippen LogP contribution in [0.1, 0.15) is 68.1 Å². The molecule has 1 heterocycles. The van der Waals surface area contributed by atoms with Crippen molar-refractivity contribution in [1.29, 1.82) is 0 Å². The summed E-state index contributed by atoms with van der Waals surface area (Å²) < 4.78 is 5.48. The van der Waals surface area contributed by atoms with Gasteiger partial charge in [-0.05, 0) is 42.0 Å². The van der Waals surface area contributed by atoms with Crippen molar-refractivity contribution in [3.63, 3.8) is 0 Å². The van der Waals surface area contributed by atoms with E-state index in [0.717, 1.165) is 5.56 Å². The van der Waals surface area contributed by atoms with Gasteiger partial charge in [-0.3, -0.25) is 4.79 Å². The van der Waals surface area contributed by atoms with Gasteiger partial charge in [0, 0.05) is 6.20 Å². The van der Waals surface area contributed by atoms with E-state index in [2.05, 4.69) is 62.3 Å². The molecule has 0 spiro atoms. The summed E-state index contributed by atoms with van der Waals surface area (Å²) in [7, 11) is 0. The molecule has 0 bridgehead atoms. The first-order chi connectivity index (χ1) is 11.9. The highest BCUT2D eigenvalue weighted by atomic mass is 16.5. The minimum atomic E-state index is -0.164. The van der Waals surface area contributed by atoms with E-state index in [0.29, 0.717) is 24.0 Å². The highest BCUT2D eigenvalue weighted by molar-refractivity contribution is 5.96. The first kappa shape index (κ1) is 19.0. The third kappa shape index (κ3) is 4.81. The van der Waals surface area contributed by atoms with E-state index >= 15 is 0 Å². The van der Waals surface area contributed by atoms with Crippen molar-refractivity contribution in [2.24, 2.45) is 5.92 Å². The molecule has 1 aromatic heterocycles. The zero-order valence-electron chi connectivity index (χ0n) is 15.7. The summed E-state index contributed by atoms with van der Waals surface area (Å²) in [4.78, 5) is 16.9. The van der Waals surface area contributed by atoms with Crippen molar-refractivity contribution >= 4 is 5.91 Å². The molecule has 0 aliphatic rings. The predicted molar refractivity (Wildman–Crippen MR) is 101 cm³/mol. The van der Waals surface area contributed by atoms with Crippen LogP contribution in [0.3, 0.4) is 0 Å². The van der Waals surface area contributed by atoms with Gasteiger partial charge < -0.3 is 10.1 Å². The molecule has 0 saturated heterocycles. The summed E-state index contributed by atoms with van der Waals surface area (Å²) >= 11 is 0. The van der Waals surface area contributed by atoms with Crippen LogP contribution in [0.2, 0.25) is 0 Å². The second-order valence-electron chi connectivity index (χ2n) is 6.81. The zero-order chi connectivity index (χ0) is 18.4. The molecule has 0 saturated carbocycles. The molecule has 2 aromatic rings. The Labute approximate surface area is 150 Å². The second kappa shape index (κ2) is 8.65. The van der Waals surface area contributed by atoms with Gasteiger partial charge in [0.15, 0.2) is 0 Å². The van der Waals surface area contributed by atoms with Crippen LogP contribution in [0.15, 0.2) is 42.6 Å². The Morgan fingerprint density at radius 2 is 1.72 bits per heavy atom. The van der Waals surface area contributed by atoms with Gasteiger partial charge >= 0.3 is 0 Å². The molecule has 1 amide bonds.